The van der Waals surface area contributed by atoms with Gasteiger partial charge in [-0.2, -0.15) is 8.78 Å². The maximum Gasteiger partial charge on any atom is 0.335 e. The molecule has 0 aromatic heterocycles. The SMILES string of the molecule is C=C(C)C(=O)OC(CCOC(=O)C(=C)CO)CC1CCC(C2CCC(CCCC=C(F)F)CC2)CC1. The normalized spacial score (nSPS) is 24.9. The summed E-state index contributed by atoms with van der Waals surface area (Å²) in [5, 5.41) is 8.99. The molecule has 1 unspecified atom stereocenters. The van der Waals surface area contributed by atoms with Crippen LogP contribution >= 0.6 is 0 Å². The van der Waals surface area contributed by atoms with E-state index >= 15 is 0 Å². The van der Waals surface area contributed by atoms with Crippen LogP contribution in [0.5, 0.6) is 0 Å². The second-order valence-electron chi connectivity index (χ2n) is 10.7. The van der Waals surface area contributed by atoms with Gasteiger partial charge in [-0.25, -0.2) is 9.59 Å². The van der Waals surface area contributed by atoms with Crippen LogP contribution in [0.25, 0.3) is 0 Å². The molecule has 0 aromatic carbocycles. The molecular formula is C29H44F2O5. The number of esters is 2. The minimum absolute atomic E-state index is 0.00202. The minimum atomic E-state index is -1.57. The van der Waals surface area contributed by atoms with E-state index in [-0.39, 0.29) is 18.3 Å². The zero-order valence-corrected chi connectivity index (χ0v) is 21.8. The summed E-state index contributed by atoms with van der Waals surface area (Å²) < 4.78 is 35.1. The van der Waals surface area contributed by atoms with E-state index in [1.54, 1.807) is 6.92 Å². The minimum Gasteiger partial charge on any atom is -0.462 e. The Morgan fingerprint density at radius 2 is 1.56 bits per heavy atom. The molecule has 0 spiro atoms. The van der Waals surface area contributed by atoms with Gasteiger partial charge in [-0.3, -0.25) is 0 Å². The van der Waals surface area contributed by atoms with Crippen LogP contribution in [-0.2, 0) is 19.1 Å². The number of hydrogen-bond donors (Lipinski definition) is 1. The van der Waals surface area contributed by atoms with Gasteiger partial charge in [-0.15, -0.1) is 0 Å². The van der Waals surface area contributed by atoms with Crippen molar-refractivity contribution in [1.82, 2.24) is 0 Å². The van der Waals surface area contributed by atoms with E-state index < -0.39 is 24.6 Å². The molecule has 0 aromatic rings. The molecule has 2 saturated carbocycles. The van der Waals surface area contributed by atoms with Crippen molar-refractivity contribution >= 4 is 11.9 Å². The highest BCUT2D eigenvalue weighted by molar-refractivity contribution is 5.88. The van der Waals surface area contributed by atoms with E-state index in [9.17, 15) is 18.4 Å². The van der Waals surface area contributed by atoms with Crippen LogP contribution in [0.3, 0.4) is 0 Å². The molecule has 7 heteroatoms. The van der Waals surface area contributed by atoms with Crippen LogP contribution in [0.2, 0.25) is 0 Å². The lowest BCUT2D eigenvalue weighted by Gasteiger charge is -2.38. The molecule has 0 radical (unpaired) electrons. The predicted molar refractivity (Wildman–Crippen MR) is 136 cm³/mol. The molecule has 1 atom stereocenters. The van der Waals surface area contributed by atoms with Gasteiger partial charge in [-0.1, -0.05) is 45.3 Å². The molecule has 0 aliphatic heterocycles. The van der Waals surface area contributed by atoms with Gasteiger partial charge in [0.15, 0.2) is 0 Å². The summed E-state index contributed by atoms with van der Waals surface area (Å²) in [7, 11) is 0. The maximum atomic E-state index is 12.2. The second-order valence-corrected chi connectivity index (χ2v) is 10.7. The van der Waals surface area contributed by atoms with Crippen molar-refractivity contribution in [3.63, 3.8) is 0 Å². The number of allylic oxidation sites excluding steroid dienone is 1. The summed E-state index contributed by atoms with van der Waals surface area (Å²) in [6.07, 6.45) is 12.2. The molecular weight excluding hydrogens is 466 g/mol. The fourth-order valence-corrected chi connectivity index (χ4v) is 5.76. The summed E-state index contributed by atoms with van der Waals surface area (Å²) in [6.45, 7) is 8.39. The largest absolute Gasteiger partial charge is 0.462 e. The van der Waals surface area contributed by atoms with Crippen LogP contribution in [0.15, 0.2) is 36.5 Å². The van der Waals surface area contributed by atoms with Crippen LogP contribution in [-0.4, -0.2) is 36.4 Å². The second kappa shape index (κ2) is 16.0. The molecule has 0 bridgehead atoms. The van der Waals surface area contributed by atoms with E-state index in [4.69, 9.17) is 14.6 Å². The Labute approximate surface area is 215 Å². The number of rotatable bonds is 14. The Morgan fingerprint density at radius 1 is 0.972 bits per heavy atom. The quantitative estimate of drug-likeness (QED) is 0.156. The predicted octanol–water partition coefficient (Wildman–Crippen LogP) is 6.91. The molecule has 2 fully saturated rings. The lowest BCUT2D eigenvalue weighted by atomic mass is 9.68. The number of carbonyl (C=O) groups is 2. The number of unbranched alkanes of at least 4 members (excludes halogenated alkanes) is 1. The third-order valence-electron chi connectivity index (χ3n) is 7.94. The fraction of sp³-hybridized carbons (Fsp3) is 0.724. The van der Waals surface area contributed by atoms with Gasteiger partial charge in [0.2, 0.25) is 0 Å². The molecule has 1 N–H and O–H groups in total. The average molecular weight is 511 g/mol. The number of aliphatic hydroxyl groups is 1. The molecule has 2 aliphatic rings. The Bertz CT molecular complexity index is 758. The molecule has 204 valence electrons. The summed E-state index contributed by atoms with van der Waals surface area (Å²) in [5.41, 5.74) is 0.346. The van der Waals surface area contributed by atoms with E-state index in [2.05, 4.69) is 13.2 Å². The Morgan fingerprint density at radius 3 is 2.08 bits per heavy atom. The summed E-state index contributed by atoms with van der Waals surface area (Å²) in [6, 6.07) is 0. The summed E-state index contributed by atoms with van der Waals surface area (Å²) in [4.78, 5) is 23.9. The third-order valence-corrected chi connectivity index (χ3v) is 7.94. The van der Waals surface area contributed by atoms with Crippen LogP contribution < -0.4 is 0 Å². The lowest BCUT2D eigenvalue weighted by Crippen LogP contribution is -2.29. The Hall–Kier alpha value is -2.02. The van der Waals surface area contributed by atoms with Crippen molar-refractivity contribution in [2.45, 2.75) is 96.5 Å². The number of carbonyl (C=O) groups excluding carboxylic acids is 2. The van der Waals surface area contributed by atoms with E-state index in [1.165, 1.54) is 38.5 Å². The zero-order chi connectivity index (χ0) is 26.5. The van der Waals surface area contributed by atoms with E-state index in [1.807, 2.05) is 0 Å². The molecule has 0 saturated heterocycles. The standard InChI is InChI=1S/C29H44F2O5/c1-20(2)28(33)36-26(16-17-35-29(34)21(3)19-32)18-23-10-14-25(15-11-23)24-12-8-22(9-13-24)6-4-5-7-27(30)31/h7,22-26,32H,1,3-6,8-19H2,2H3. The van der Waals surface area contributed by atoms with Crippen LogP contribution in [0.1, 0.15) is 90.4 Å². The maximum absolute atomic E-state index is 12.2. The monoisotopic (exact) mass is 510 g/mol. The Kier molecular flexibility index (Phi) is 13.4. The van der Waals surface area contributed by atoms with Gasteiger partial charge in [0.1, 0.15) is 6.10 Å². The van der Waals surface area contributed by atoms with Crippen LogP contribution in [0, 0.1) is 23.7 Å². The smallest absolute Gasteiger partial charge is 0.335 e. The fourth-order valence-electron chi connectivity index (χ4n) is 5.76. The first-order valence-electron chi connectivity index (χ1n) is 13.5. The van der Waals surface area contributed by atoms with E-state index in [0.29, 0.717) is 30.3 Å². The molecule has 36 heavy (non-hydrogen) atoms. The van der Waals surface area contributed by atoms with Crippen molar-refractivity contribution in [3.05, 3.63) is 36.5 Å². The van der Waals surface area contributed by atoms with Gasteiger partial charge < -0.3 is 14.6 Å². The lowest BCUT2D eigenvalue weighted by molar-refractivity contribution is -0.147. The van der Waals surface area contributed by atoms with Crippen molar-refractivity contribution < 1.29 is 33.0 Å². The highest BCUT2D eigenvalue weighted by Crippen LogP contribution is 2.43. The first kappa shape index (κ1) is 30.2. The van der Waals surface area contributed by atoms with Crippen molar-refractivity contribution in [2.24, 2.45) is 23.7 Å². The average Bonchev–Trinajstić information content (AvgIpc) is 2.86. The molecule has 2 aliphatic carbocycles. The highest BCUT2D eigenvalue weighted by Gasteiger charge is 2.32. The van der Waals surface area contributed by atoms with Gasteiger partial charge in [0, 0.05) is 12.0 Å². The van der Waals surface area contributed by atoms with Crippen molar-refractivity contribution in [2.75, 3.05) is 13.2 Å². The van der Waals surface area contributed by atoms with Crippen molar-refractivity contribution in [1.29, 1.82) is 0 Å². The summed E-state index contributed by atoms with van der Waals surface area (Å²) in [5.74, 6) is 1.59. The van der Waals surface area contributed by atoms with Gasteiger partial charge in [-0.05, 0) is 81.6 Å². The van der Waals surface area contributed by atoms with Gasteiger partial charge >= 0.3 is 11.9 Å². The van der Waals surface area contributed by atoms with E-state index in [0.717, 1.165) is 50.0 Å². The highest BCUT2D eigenvalue weighted by atomic mass is 19.3. The number of aliphatic hydroxyl groups excluding tert-OH is 1. The first-order valence-corrected chi connectivity index (χ1v) is 13.5. The molecule has 5 nitrogen and oxygen atoms in total. The molecule has 0 heterocycles. The Balaban J connectivity index is 1.74. The molecule has 2 rings (SSSR count). The number of hydrogen-bond acceptors (Lipinski definition) is 5. The number of halogens is 2. The zero-order valence-electron chi connectivity index (χ0n) is 21.8. The number of ether oxygens (including phenoxy) is 2. The first-order chi connectivity index (χ1) is 17.2. The summed E-state index contributed by atoms with van der Waals surface area (Å²) >= 11 is 0. The molecule has 0 amide bonds. The van der Waals surface area contributed by atoms with Gasteiger partial charge in [0.05, 0.1) is 18.8 Å². The third kappa shape index (κ3) is 10.9. The topological polar surface area (TPSA) is 72.8 Å². The van der Waals surface area contributed by atoms with Gasteiger partial charge in [0.25, 0.3) is 6.08 Å². The van der Waals surface area contributed by atoms with Crippen LogP contribution in [0.4, 0.5) is 8.78 Å². The van der Waals surface area contributed by atoms with Crippen molar-refractivity contribution in [3.8, 4) is 0 Å².